The van der Waals surface area contributed by atoms with Crippen LogP contribution >= 0.6 is 11.8 Å². The summed E-state index contributed by atoms with van der Waals surface area (Å²) < 4.78 is 30.7. The van der Waals surface area contributed by atoms with Gasteiger partial charge in [0.15, 0.2) is 15.6 Å². The maximum Gasteiger partial charge on any atom is 0.277 e. The largest absolute Gasteiger partial charge is 0.416 e. The Morgan fingerprint density at radius 3 is 2.89 bits per heavy atom. The van der Waals surface area contributed by atoms with Gasteiger partial charge in [-0.25, -0.2) is 8.42 Å². The summed E-state index contributed by atoms with van der Waals surface area (Å²) in [5.41, 5.74) is 2.64. The van der Waals surface area contributed by atoms with E-state index in [2.05, 4.69) is 16.8 Å². The zero-order valence-electron chi connectivity index (χ0n) is 15.5. The molecule has 7 nitrogen and oxygen atoms in total. The van der Waals surface area contributed by atoms with E-state index in [1.54, 1.807) is 6.08 Å². The van der Waals surface area contributed by atoms with Crippen LogP contribution in [0.5, 0.6) is 0 Å². The zero-order valence-corrected chi connectivity index (χ0v) is 17.1. The molecular weight excluding hydrogens is 386 g/mol. The summed E-state index contributed by atoms with van der Waals surface area (Å²) in [6.45, 7) is 8.30. The smallest absolute Gasteiger partial charge is 0.277 e. The third-order valence-electron chi connectivity index (χ3n) is 4.75. The lowest BCUT2D eigenvalue weighted by atomic mass is 10.1. The number of rotatable bonds is 8. The van der Waals surface area contributed by atoms with Gasteiger partial charge >= 0.3 is 0 Å². The van der Waals surface area contributed by atoms with Crippen LogP contribution < -0.4 is 0 Å². The minimum absolute atomic E-state index is 0.00467. The summed E-state index contributed by atoms with van der Waals surface area (Å²) in [4.78, 5) is 12.5. The molecule has 1 aliphatic rings. The summed E-state index contributed by atoms with van der Waals surface area (Å²) >= 11 is 1.20. The summed E-state index contributed by atoms with van der Waals surface area (Å²) in [5, 5.41) is 8.27. The Morgan fingerprint density at radius 2 is 2.22 bits per heavy atom. The predicted molar refractivity (Wildman–Crippen MR) is 104 cm³/mol. The van der Waals surface area contributed by atoms with Gasteiger partial charge in [-0.1, -0.05) is 17.8 Å². The topological polar surface area (TPSA) is 95.1 Å². The van der Waals surface area contributed by atoms with E-state index in [1.807, 2.05) is 24.5 Å². The van der Waals surface area contributed by atoms with Crippen LogP contribution in [-0.4, -0.2) is 46.2 Å². The Labute approximate surface area is 163 Å². The van der Waals surface area contributed by atoms with Crippen molar-refractivity contribution in [1.82, 2.24) is 14.8 Å². The Hall–Kier alpha value is -1.87. The van der Waals surface area contributed by atoms with E-state index < -0.39 is 9.84 Å². The van der Waals surface area contributed by atoms with Crippen molar-refractivity contribution in [2.45, 2.75) is 38.5 Å². The van der Waals surface area contributed by atoms with E-state index >= 15 is 0 Å². The number of carbonyl (C=O) groups excluding carboxylic acids is 1. The van der Waals surface area contributed by atoms with Crippen LogP contribution in [0, 0.1) is 19.8 Å². The fourth-order valence-electron chi connectivity index (χ4n) is 3.36. The molecule has 0 aromatic carbocycles. The predicted octanol–water partition coefficient (Wildman–Crippen LogP) is 2.63. The molecule has 0 saturated carbocycles. The second-order valence-electron chi connectivity index (χ2n) is 6.83. The van der Waals surface area contributed by atoms with Crippen molar-refractivity contribution < 1.29 is 17.6 Å². The molecule has 3 rings (SSSR count). The highest BCUT2D eigenvalue weighted by atomic mass is 32.2. The SMILES string of the molecule is C=CCn1c(C)cc(C(=O)CSc2nnc(C[C@H]3CCS(=O)(=O)C3)o2)c1C. The molecule has 0 amide bonds. The van der Waals surface area contributed by atoms with Gasteiger partial charge in [-0.2, -0.15) is 0 Å². The van der Waals surface area contributed by atoms with Gasteiger partial charge in [-0.05, 0) is 32.3 Å². The number of thioether (sulfide) groups is 1. The zero-order chi connectivity index (χ0) is 19.6. The number of nitrogens with zero attached hydrogens (tertiary/aromatic N) is 3. The van der Waals surface area contributed by atoms with Gasteiger partial charge < -0.3 is 8.98 Å². The van der Waals surface area contributed by atoms with Gasteiger partial charge in [0, 0.05) is 29.9 Å². The minimum Gasteiger partial charge on any atom is -0.416 e. The molecular formula is C18H23N3O4S2. The number of Topliss-reactive ketones (excluding diaryl/α,β-unsaturated/α-hetero) is 1. The Bertz CT molecular complexity index is 959. The molecule has 1 fully saturated rings. The number of hydrogen-bond donors (Lipinski definition) is 0. The van der Waals surface area contributed by atoms with Crippen molar-refractivity contribution in [3.05, 3.63) is 41.6 Å². The van der Waals surface area contributed by atoms with Crippen molar-refractivity contribution in [2.24, 2.45) is 5.92 Å². The number of hydrogen-bond acceptors (Lipinski definition) is 7. The summed E-state index contributed by atoms with van der Waals surface area (Å²) in [7, 11) is -2.92. The molecule has 1 saturated heterocycles. The fraction of sp³-hybridized carbons (Fsp3) is 0.500. The van der Waals surface area contributed by atoms with Crippen LogP contribution in [0.3, 0.4) is 0 Å². The number of allylic oxidation sites excluding steroid dienone is 1. The van der Waals surface area contributed by atoms with E-state index in [9.17, 15) is 13.2 Å². The molecule has 0 spiro atoms. The lowest BCUT2D eigenvalue weighted by Gasteiger charge is -2.05. The summed E-state index contributed by atoms with van der Waals surface area (Å²) in [6, 6.07) is 1.89. The lowest BCUT2D eigenvalue weighted by molar-refractivity contribution is 0.102. The second-order valence-corrected chi connectivity index (χ2v) is 9.99. The number of aromatic nitrogens is 3. The molecule has 27 heavy (non-hydrogen) atoms. The molecule has 146 valence electrons. The number of aryl methyl sites for hydroxylation is 1. The average molecular weight is 410 g/mol. The van der Waals surface area contributed by atoms with Crippen LogP contribution in [0.15, 0.2) is 28.4 Å². The van der Waals surface area contributed by atoms with Gasteiger partial charge in [0.05, 0.1) is 17.3 Å². The first-order chi connectivity index (χ1) is 12.8. The van der Waals surface area contributed by atoms with Crippen molar-refractivity contribution in [2.75, 3.05) is 17.3 Å². The molecule has 1 aliphatic heterocycles. The van der Waals surface area contributed by atoms with Gasteiger partial charge in [0.25, 0.3) is 5.22 Å². The molecule has 2 aromatic rings. The molecule has 3 heterocycles. The summed E-state index contributed by atoms with van der Waals surface area (Å²) in [6.07, 6.45) is 2.90. The van der Waals surface area contributed by atoms with Gasteiger partial charge in [0.1, 0.15) is 0 Å². The molecule has 9 heteroatoms. The first-order valence-corrected chi connectivity index (χ1v) is 11.6. The van der Waals surface area contributed by atoms with Crippen LogP contribution in [0.25, 0.3) is 0 Å². The highest BCUT2D eigenvalue weighted by Crippen LogP contribution is 2.25. The quantitative estimate of drug-likeness (QED) is 0.376. The third-order valence-corrected chi connectivity index (χ3v) is 7.41. The van der Waals surface area contributed by atoms with E-state index in [4.69, 9.17) is 4.42 Å². The first kappa shape index (κ1) is 19.9. The van der Waals surface area contributed by atoms with E-state index in [-0.39, 0.29) is 29.0 Å². The minimum atomic E-state index is -2.92. The lowest BCUT2D eigenvalue weighted by Crippen LogP contribution is -2.07. The second kappa shape index (κ2) is 8.02. The number of carbonyl (C=O) groups is 1. The number of sulfone groups is 1. The molecule has 0 unspecified atom stereocenters. The van der Waals surface area contributed by atoms with Crippen LogP contribution in [0.2, 0.25) is 0 Å². The molecule has 0 N–H and O–H groups in total. The maximum absolute atomic E-state index is 12.5. The first-order valence-electron chi connectivity index (χ1n) is 8.75. The van der Waals surface area contributed by atoms with E-state index in [1.165, 1.54) is 11.8 Å². The van der Waals surface area contributed by atoms with Crippen molar-refractivity contribution in [1.29, 1.82) is 0 Å². The van der Waals surface area contributed by atoms with E-state index in [0.29, 0.717) is 36.1 Å². The monoisotopic (exact) mass is 409 g/mol. The number of ketones is 1. The maximum atomic E-state index is 12.5. The van der Waals surface area contributed by atoms with Crippen molar-refractivity contribution in [3.8, 4) is 0 Å². The fourth-order valence-corrected chi connectivity index (χ4v) is 5.88. The van der Waals surface area contributed by atoms with Gasteiger partial charge in [-0.3, -0.25) is 4.79 Å². The summed E-state index contributed by atoms with van der Waals surface area (Å²) in [5.74, 6) is 1.08. The van der Waals surface area contributed by atoms with Gasteiger partial charge in [0.2, 0.25) is 5.89 Å². The molecule has 0 bridgehead atoms. The Balaban J connectivity index is 1.58. The Morgan fingerprint density at radius 1 is 1.44 bits per heavy atom. The molecule has 1 atom stereocenters. The molecule has 2 aromatic heterocycles. The highest BCUT2D eigenvalue weighted by Gasteiger charge is 2.29. The van der Waals surface area contributed by atoms with Crippen LogP contribution in [-0.2, 0) is 22.8 Å². The molecule has 0 aliphatic carbocycles. The van der Waals surface area contributed by atoms with Crippen molar-refractivity contribution in [3.63, 3.8) is 0 Å². The average Bonchev–Trinajstić information content (AvgIpc) is 3.27. The van der Waals surface area contributed by atoms with Crippen LogP contribution in [0.1, 0.15) is 34.1 Å². The van der Waals surface area contributed by atoms with Crippen LogP contribution in [0.4, 0.5) is 0 Å². The Kier molecular flexibility index (Phi) is 5.90. The third kappa shape index (κ3) is 4.70. The molecule has 0 radical (unpaired) electrons. The standard InChI is InChI=1S/C18H23N3O4S2/c1-4-6-21-12(2)8-15(13(21)3)16(22)10-26-18-20-19-17(25-18)9-14-5-7-27(23,24)11-14/h4,8,14H,1,5-7,9-11H2,2-3H3/t14-/m1/s1. The van der Waals surface area contributed by atoms with Crippen molar-refractivity contribution >= 4 is 27.4 Å². The highest BCUT2D eigenvalue weighted by molar-refractivity contribution is 7.99. The van der Waals surface area contributed by atoms with Gasteiger partial charge in [-0.15, -0.1) is 16.8 Å². The normalized spacial score (nSPS) is 18.7. The van der Waals surface area contributed by atoms with E-state index in [0.717, 1.165) is 11.4 Å².